The lowest BCUT2D eigenvalue weighted by molar-refractivity contribution is -0.132. The van der Waals surface area contributed by atoms with E-state index in [2.05, 4.69) is 19.2 Å². The first-order valence-electron chi connectivity index (χ1n) is 21.4. The molecular weight excluding hydrogens is 598 g/mol. The molecule has 48 heavy (non-hydrogen) atoms. The summed E-state index contributed by atoms with van der Waals surface area (Å²) in [7, 11) is 0. The highest BCUT2D eigenvalue weighted by Gasteiger charge is 2.28. The van der Waals surface area contributed by atoms with E-state index < -0.39 is 36.9 Å². The van der Waals surface area contributed by atoms with Crippen molar-refractivity contribution in [2.45, 2.75) is 257 Å². The summed E-state index contributed by atoms with van der Waals surface area (Å²) in [6.45, 7) is 4.05. The number of carbonyl (C=O) groups excluding carboxylic acids is 1. The number of aliphatic hydroxyl groups excluding tert-OH is 4. The van der Waals surface area contributed by atoms with E-state index >= 15 is 0 Å². The van der Waals surface area contributed by atoms with Gasteiger partial charge in [-0.1, -0.05) is 219 Å². The van der Waals surface area contributed by atoms with Crippen LogP contribution in [0.25, 0.3) is 0 Å². The minimum atomic E-state index is -1.25. The Bertz CT molecular complexity index is 648. The van der Waals surface area contributed by atoms with Crippen LogP contribution in [-0.2, 0) is 4.79 Å². The molecule has 0 aromatic heterocycles. The Labute approximate surface area is 299 Å². The Morgan fingerprint density at radius 3 is 1.00 bits per heavy atom. The number of hydrogen-bond donors (Lipinski definition) is 5. The second kappa shape index (κ2) is 37.6. The molecule has 4 atom stereocenters. The van der Waals surface area contributed by atoms with Gasteiger partial charge in [0.15, 0.2) is 0 Å². The Morgan fingerprint density at radius 2 is 0.708 bits per heavy atom. The minimum absolute atomic E-state index is 0.375. The van der Waals surface area contributed by atoms with Gasteiger partial charge in [0.25, 0.3) is 0 Å². The molecule has 0 bridgehead atoms. The van der Waals surface area contributed by atoms with Crippen molar-refractivity contribution in [1.82, 2.24) is 5.32 Å². The second-order valence-corrected chi connectivity index (χ2v) is 15.1. The molecule has 0 aromatic rings. The summed E-state index contributed by atoms with van der Waals surface area (Å²) >= 11 is 0. The maximum Gasteiger partial charge on any atom is 0.249 e. The molecule has 0 aliphatic rings. The zero-order chi connectivity index (χ0) is 35.3. The molecule has 5 N–H and O–H groups in total. The van der Waals surface area contributed by atoms with E-state index in [0.29, 0.717) is 12.8 Å². The van der Waals surface area contributed by atoms with Crippen LogP contribution >= 0.6 is 0 Å². The highest BCUT2D eigenvalue weighted by Crippen LogP contribution is 2.17. The SMILES string of the molecule is CCCCCCCCCCCCCCCCCCCCCC[C@@H](O)C(=O)N[C@@H](CO)[C@H](O)[C@H](O)CCCCCCCCCCCCCC. The van der Waals surface area contributed by atoms with Crippen LogP contribution in [-0.4, -0.2) is 57.3 Å². The van der Waals surface area contributed by atoms with Gasteiger partial charge in [0.2, 0.25) is 5.91 Å². The van der Waals surface area contributed by atoms with Gasteiger partial charge in [0.05, 0.1) is 18.8 Å². The van der Waals surface area contributed by atoms with E-state index in [0.717, 1.165) is 38.5 Å². The molecule has 0 aliphatic heterocycles. The molecule has 0 rings (SSSR count). The second-order valence-electron chi connectivity index (χ2n) is 15.1. The lowest BCUT2D eigenvalue weighted by atomic mass is 9.99. The summed E-state index contributed by atoms with van der Waals surface area (Å²) in [5.41, 5.74) is 0. The lowest BCUT2D eigenvalue weighted by Gasteiger charge is -2.27. The number of aliphatic hydroxyl groups is 4. The molecule has 288 valence electrons. The van der Waals surface area contributed by atoms with Crippen LogP contribution < -0.4 is 5.32 Å². The molecule has 0 aromatic carbocycles. The van der Waals surface area contributed by atoms with Crippen LogP contribution in [0.5, 0.6) is 0 Å². The van der Waals surface area contributed by atoms with Gasteiger partial charge in [-0.3, -0.25) is 4.79 Å². The van der Waals surface area contributed by atoms with Gasteiger partial charge in [0, 0.05) is 0 Å². The van der Waals surface area contributed by atoms with Crippen molar-refractivity contribution in [3.05, 3.63) is 0 Å². The highest BCUT2D eigenvalue weighted by atomic mass is 16.3. The zero-order valence-corrected chi connectivity index (χ0v) is 32.3. The first kappa shape index (κ1) is 47.3. The topological polar surface area (TPSA) is 110 Å². The van der Waals surface area contributed by atoms with Gasteiger partial charge in [0.1, 0.15) is 12.2 Å². The zero-order valence-electron chi connectivity index (χ0n) is 32.3. The minimum Gasteiger partial charge on any atom is -0.394 e. The van der Waals surface area contributed by atoms with Crippen molar-refractivity contribution in [3.8, 4) is 0 Å². The predicted molar refractivity (Wildman–Crippen MR) is 205 cm³/mol. The summed E-state index contributed by atoms with van der Waals surface area (Å²) < 4.78 is 0. The average Bonchev–Trinajstić information content (AvgIpc) is 3.09. The Balaban J connectivity index is 3.68. The molecule has 0 radical (unpaired) electrons. The molecule has 0 saturated heterocycles. The molecular formula is C42H85NO5. The van der Waals surface area contributed by atoms with Gasteiger partial charge in [-0.25, -0.2) is 0 Å². The fourth-order valence-electron chi connectivity index (χ4n) is 6.88. The molecule has 6 nitrogen and oxygen atoms in total. The molecule has 0 unspecified atom stereocenters. The maximum absolute atomic E-state index is 12.5. The summed E-state index contributed by atoms with van der Waals surface area (Å²) in [6, 6.07) is -0.977. The van der Waals surface area contributed by atoms with Crippen LogP contribution in [0.3, 0.4) is 0 Å². The molecule has 6 heteroatoms. The van der Waals surface area contributed by atoms with Gasteiger partial charge in [-0.05, 0) is 12.8 Å². The van der Waals surface area contributed by atoms with Gasteiger partial charge < -0.3 is 25.7 Å². The van der Waals surface area contributed by atoms with Crippen molar-refractivity contribution >= 4 is 5.91 Å². The summed E-state index contributed by atoms with van der Waals surface area (Å²) in [6.07, 6.45) is 38.4. The fourth-order valence-corrected chi connectivity index (χ4v) is 6.88. The lowest BCUT2D eigenvalue weighted by Crippen LogP contribution is -2.53. The van der Waals surface area contributed by atoms with Gasteiger partial charge >= 0.3 is 0 Å². The van der Waals surface area contributed by atoms with Gasteiger partial charge in [-0.2, -0.15) is 0 Å². The summed E-state index contributed by atoms with van der Waals surface area (Å²) in [5.74, 6) is -0.580. The largest absolute Gasteiger partial charge is 0.394 e. The number of carbonyl (C=O) groups is 1. The van der Waals surface area contributed by atoms with Crippen molar-refractivity contribution < 1.29 is 25.2 Å². The highest BCUT2D eigenvalue weighted by molar-refractivity contribution is 5.80. The monoisotopic (exact) mass is 684 g/mol. The van der Waals surface area contributed by atoms with E-state index in [-0.39, 0.29) is 0 Å². The molecule has 0 saturated carbocycles. The summed E-state index contributed by atoms with van der Waals surface area (Å²) in [5, 5.41) is 43.6. The van der Waals surface area contributed by atoms with Crippen molar-refractivity contribution in [3.63, 3.8) is 0 Å². The van der Waals surface area contributed by atoms with Crippen LogP contribution in [0, 0.1) is 0 Å². The number of hydrogen-bond acceptors (Lipinski definition) is 5. The average molecular weight is 684 g/mol. The van der Waals surface area contributed by atoms with Crippen LogP contribution in [0.2, 0.25) is 0 Å². The van der Waals surface area contributed by atoms with Crippen molar-refractivity contribution in [1.29, 1.82) is 0 Å². The van der Waals surface area contributed by atoms with Crippen LogP contribution in [0.15, 0.2) is 0 Å². The smallest absolute Gasteiger partial charge is 0.249 e. The third kappa shape index (κ3) is 31.3. The van der Waals surface area contributed by atoms with E-state index in [4.69, 9.17) is 0 Å². The molecule has 0 aliphatic carbocycles. The third-order valence-electron chi connectivity index (χ3n) is 10.3. The maximum atomic E-state index is 12.5. The van der Waals surface area contributed by atoms with E-state index in [1.807, 2.05) is 0 Å². The van der Waals surface area contributed by atoms with E-state index in [9.17, 15) is 25.2 Å². The molecule has 0 fully saturated rings. The third-order valence-corrected chi connectivity index (χ3v) is 10.3. The number of unbranched alkanes of at least 4 members (excludes halogenated alkanes) is 30. The Kier molecular flexibility index (Phi) is 37.0. The molecule has 0 spiro atoms. The summed E-state index contributed by atoms with van der Waals surface area (Å²) in [4.78, 5) is 12.5. The fraction of sp³-hybridized carbons (Fsp3) is 0.976. The van der Waals surface area contributed by atoms with Crippen molar-refractivity contribution in [2.24, 2.45) is 0 Å². The standard InChI is InChI=1S/C42H85NO5/c1-3-5-7-9-11-13-15-17-18-19-20-21-22-23-24-26-28-30-32-34-36-40(46)42(48)43-38(37-44)41(47)39(45)35-33-31-29-27-25-16-14-12-10-8-6-4-2/h38-41,44-47H,3-37H2,1-2H3,(H,43,48)/t38-,39+,40+,41-/m0/s1. The first-order valence-corrected chi connectivity index (χ1v) is 21.4. The Hall–Kier alpha value is -0.690. The van der Waals surface area contributed by atoms with Crippen LogP contribution in [0.1, 0.15) is 232 Å². The van der Waals surface area contributed by atoms with Crippen LogP contribution in [0.4, 0.5) is 0 Å². The normalized spacial score (nSPS) is 14.2. The number of nitrogens with one attached hydrogen (secondary N) is 1. The first-order chi connectivity index (χ1) is 23.5. The van der Waals surface area contributed by atoms with Crippen molar-refractivity contribution in [2.75, 3.05) is 6.61 Å². The number of amides is 1. The van der Waals surface area contributed by atoms with E-state index in [1.54, 1.807) is 0 Å². The van der Waals surface area contributed by atoms with E-state index in [1.165, 1.54) is 167 Å². The molecule has 0 heterocycles. The van der Waals surface area contributed by atoms with Gasteiger partial charge in [-0.15, -0.1) is 0 Å². The predicted octanol–water partition coefficient (Wildman–Crippen LogP) is 10.8. The Morgan fingerprint density at radius 1 is 0.438 bits per heavy atom. The quantitative estimate of drug-likeness (QED) is 0.0414. The molecule has 1 amide bonds. The number of rotatable bonds is 39.